The van der Waals surface area contributed by atoms with Crippen LogP contribution in [0.2, 0.25) is 0 Å². The summed E-state index contributed by atoms with van der Waals surface area (Å²) in [7, 11) is 0. The zero-order valence-electron chi connectivity index (χ0n) is 18.4. The van der Waals surface area contributed by atoms with Crippen molar-refractivity contribution in [3.63, 3.8) is 0 Å². The van der Waals surface area contributed by atoms with Gasteiger partial charge >= 0.3 is 24.8 Å². The predicted molar refractivity (Wildman–Crippen MR) is 125 cm³/mol. The van der Waals surface area contributed by atoms with Gasteiger partial charge in [-0.25, -0.2) is 0 Å². The monoisotopic (exact) mass is 462 g/mol. The Morgan fingerprint density at radius 1 is 0.643 bits per heavy atom. The number of halogens is 2. The molecule has 0 radical (unpaired) electrons. The number of benzene rings is 2. The summed E-state index contributed by atoms with van der Waals surface area (Å²) in [5.41, 5.74) is 3.97. The Morgan fingerprint density at radius 2 is 0.893 bits per heavy atom. The molecular weight excluding hydrogens is 427 g/mol. The Kier molecular flexibility index (Phi) is 15.3. The van der Waals surface area contributed by atoms with Gasteiger partial charge in [0.1, 0.15) is 11.5 Å². The number of phenolic OH excluding ortho intramolecular Hbond substituents is 2. The first-order valence-electron chi connectivity index (χ1n) is 8.79. The average Bonchev–Trinajstić information content (AvgIpc) is 2.53. The molecule has 0 amide bonds. The Bertz CT molecular complexity index is 656. The summed E-state index contributed by atoms with van der Waals surface area (Å²) in [6.07, 6.45) is 0. The first-order valence-corrected chi connectivity index (χ1v) is 9.89. The molecular formula is C23H36Cl2O2Ti. The van der Waals surface area contributed by atoms with Crippen LogP contribution in [0.15, 0.2) is 36.4 Å². The number of phenols is 2. The summed E-state index contributed by atoms with van der Waals surface area (Å²) >= 11 is 1.75. The van der Waals surface area contributed by atoms with E-state index in [4.69, 9.17) is 0 Å². The quantitative estimate of drug-likeness (QED) is 0.422. The van der Waals surface area contributed by atoms with Gasteiger partial charge in [0.2, 0.25) is 0 Å². The molecule has 2 rings (SSSR count). The molecule has 0 aliphatic rings. The number of para-hydroxylation sites is 2. The number of aryl methyl sites for hydroxylation is 2. The van der Waals surface area contributed by atoms with E-state index in [1.807, 2.05) is 50.2 Å². The van der Waals surface area contributed by atoms with Gasteiger partial charge in [0.05, 0.1) is 0 Å². The van der Waals surface area contributed by atoms with Crippen LogP contribution in [0.1, 0.15) is 63.8 Å². The van der Waals surface area contributed by atoms with E-state index < -0.39 is 0 Å². The normalized spacial score (nSPS) is 10.1. The maximum absolute atomic E-state index is 9.73. The van der Waals surface area contributed by atoms with E-state index in [2.05, 4.69) is 46.4 Å². The molecule has 0 saturated heterocycles. The molecule has 0 spiro atoms. The standard InChI is InChI=1S/2C11H16O.CH2.2ClH.Ti/c2*1-8-6-5-7-9(10(8)12)11(2,3)4;;;;/h2*5-7,12H,1-4H3;1H2;2*1H;. The van der Waals surface area contributed by atoms with Gasteiger partial charge in [-0.3, -0.25) is 0 Å². The zero-order chi connectivity index (χ0) is 20.7. The second kappa shape index (κ2) is 13.4. The van der Waals surface area contributed by atoms with Crippen LogP contribution in [-0.4, -0.2) is 15.0 Å². The Labute approximate surface area is 195 Å². The van der Waals surface area contributed by atoms with E-state index in [1.54, 1.807) is 20.0 Å². The molecule has 5 heteroatoms. The molecule has 0 bridgehead atoms. The summed E-state index contributed by atoms with van der Waals surface area (Å²) in [6.45, 7) is 16.4. The molecule has 0 aromatic heterocycles. The molecule has 0 heterocycles. The van der Waals surface area contributed by atoms with Gasteiger partial charge in [-0.15, -0.1) is 24.8 Å². The molecule has 0 unspecified atom stereocenters. The van der Waals surface area contributed by atoms with Crippen LogP contribution in [0.5, 0.6) is 11.5 Å². The molecule has 0 fully saturated rings. The molecule has 0 aliphatic carbocycles. The van der Waals surface area contributed by atoms with Gasteiger partial charge in [0, 0.05) is 0 Å². The van der Waals surface area contributed by atoms with Crippen LogP contribution in [0.3, 0.4) is 0 Å². The van der Waals surface area contributed by atoms with Crippen molar-refractivity contribution in [2.75, 3.05) is 0 Å². The first kappa shape index (κ1) is 31.9. The van der Waals surface area contributed by atoms with E-state index >= 15 is 0 Å². The molecule has 2 aromatic rings. The summed E-state index contributed by atoms with van der Waals surface area (Å²) in [6, 6.07) is 11.8. The third-order valence-corrected chi connectivity index (χ3v) is 4.09. The van der Waals surface area contributed by atoms with Gasteiger partial charge in [-0.2, -0.15) is 0 Å². The van der Waals surface area contributed by atoms with Crippen LogP contribution in [0, 0.1) is 13.8 Å². The molecule has 0 saturated carbocycles. The van der Waals surface area contributed by atoms with Crippen molar-refractivity contribution in [3.05, 3.63) is 58.7 Å². The maximum atomic E-state index is 9.73. The third-order valence-electron chi connectivity index (χ3n) is 4.09. The van der Waals surface area contributed by atoms with Gasteiger partial charge in [-0.1, -0.05) is 77.9 Å². The summed E-state index contributed by atoms with van der Waals surface area (Å²) < 4.78 is 0. The molecule has 2 nitrogen and oxygen atoms in total. The van der Waals surface area contributed by atoms with Crippen molar-refractivity contribution >= 4 is 29.6 Å². The van der Waals surface area contributed by atoms with Gasteiger partial charge in [0.15, 0.2) is 0 Å². The predicted octanol–water partition coefficient (Wildman–Crippen LogP) is 6.81. The van der Waals surface area contributed by atoms with Crippen LogP contribution in [0.4, 0.5) is 0 Å². The van der Waals surface area contributed by atoms with Crippen molar-refractivity contribution in [3.8, 4) is 11.5 Å². The van der Waals surface area contributed by atoms with Crippen molar-refractivity contribution in [1.82, 2.24) is 0 Å². The fourth-order valence-corrected chi connectivity index (χ4v) is 2.53. The molecule has 0 aliphatic heterocycles. The van der Waals surface area contributed by atoms with Crippen molar-refractivity contribution in [2.45, 2.75) is 66.2 Å². The Hall–Kier alpha value is -0.796. The van der Waals surface area contributed by atoms with Crippen LogP contribution in [-0.2, 0) is 30.8 Å². The molecule has 158 valence electrons. The fraction of sp³-hybridized carbons (Fsp3) is 0.435. The third kappa shape index (κ3) is 9.61. The SMILES string of the molecule is Cc1cccc(C(C)(C)C)c1O.Cc1cccc(C(C)(C)C)c1O.Cl.Cl.[CH2]=[Ti]. The van der Waals surface area contributed by atoms with Crippen molar-refractivity contribution in [1.29, 1.82) is 0 Å². The van der Waals surface area contributed by atoms with Crippen molar-refractivity contribution < 1.29 is 30.2 Å². The Balaban J connectivity index is -0.000000385. The summed E-state index contributed by atoms with van der Waals surface area (Å²) in [5, 5.41) is 19.5. The van der Waals surface area contributed by atoms with Crippen LogP contribution < -0.4 is 0 Å². The second-order valence-electron chi connectivity index (χ2n) is 8.44. The average molecular weight is 463 g/mol. The molecule has 2 N–H and O–H groups in total. The number of hydrogen-bond donors (Lipinski definition) is 2. The second-order valence-corrected chi connectivity index (χ2v) is 8.44. The summed E-state index contributed by atoms with van der Waals surface area (Å²) in [5.74, 6) is 0.870. The minimum atomic E-state index is 0. The van der Waals surface area contributed by atoms with Crippen molar-refractivity contribution in [2.24, 2.45) is 0 Å². The molecule has 28 heavy (non-hydrogen) atoms. The minimum absolute atomic E-state index is 0. The number of hydrogen-bond acceptors (Lipinski definition) is 2. The summed E-state index contributed by atoms with van der Waals surface area (Å²) in [4.78, 5) is 3.25. The Morgan fingerprint density at radius 3 is 1.07 bits per heavy atom. The molecule has 2 aromatic carbocycles. The van der Waals surface area contributed by atoms with E-state index in [0.29, 0.717) is 11.5 Å². The van der Waals surface area contributed by atoms with Gasteiger partial charge in [0.25, 0.3) is 0 Å². The van der Waals surface area contributed by atoms with Crippen LogP contribution in [0.25, 0.3) is 0 Å². The van der Waals surface area contributed by atoms with E-state index in [9.17, 15) is 10.2 Å². The van der Waals surface area contributed by atoms with Gasteiger partial charge < -0.3 is 10.2 Å². The number of rotatable bonds is 0. The number of aromatic hydroxyl groups is 2. The van der Waals surface area contributed by atoms with Crippen LogP contribution >= 0.6 is 24.8 Å². The zero-order valence-corrected chi connectivity index (χ0v) is 21.6. The van der Waals surface area contributed by atoms with Gasteiger partial charge in [-0.05, 0) is 46.9 Å². The first-order chi connectivity index (χ1) is 11.9. The fourth-order valence-electron chi connectivity index (χ4n) is 2.53. The van der Waals surface area contributed by atoms with E-state index in [0.717, 1.165) is 22.3 Å². The topological polar surface area (TPSA) is 40.5 Å². The molecule has 0 atom stereocenters. The van der Waals surface area contributed by atoms with E-state index in [-0.39, 0.29) is 35.6 Å². The van der Waals surface area contributed by atoms with E-state index in [1.165, 1.54) is 0 Å².